The van der Waals surface area contributed by atoms with Gasteiger partial charge in [-0.15, -0.1) is 0 Å². The first-order chi connectivity index (χ1) is 13.2. The van der Waals surface area contributed by atoms with Crippen molar-refractivity contribution in [2.45, 2.75) is 13.0 Å². The molecule has 0 saturated heterocycles. The number of aromatic nitrogens is 1. The lowest BCUT2D eigenvalue weighted by molar-refractivity contribution is -0.134. The predicted molar refractivity (Wildman–Crippen MR) is 99.8 cm³/mol. The Morgan fingerprint density at radius 1 is 1.26 bits per heavy atom. The summed E-state index contributed by atoms with van der Waals surface area (Å²) in [6.45, 7) is 1.07. The average molecular weight is 383 g/mol. The second-order valence-corrected chi connectivity index (χ2v) is 7.11. The molecule has 7 nitrogen and oxygen atoms in total. The summed E-state index contributed by atoms with van der Waals surface area (Å²) >= 11 is 1.39. The van der Waals surface area contributed by atoms with Crippen molar-refractivity contribution in [1.29, 1.82) is 0 Å². The zero-order chi connectivity index (χ0) is 18.6. The number of anilines is 1. The predicted octanol–water partition coefficient (Wildman–Crippen LogP) is 2.95. The molecule has 1 N–H and O–H groups in total. The summed E-state index contributed by atoms with van der Waals surface area (Å²) in [6, 6.07) is 10.9. The number of thiazole rings is 1. The van der Waals surface area contributed by atoms with Crippen LogP contribution in [-0.4, -0.2) is 34.8 Å². The first-order valence-corrected chi connectivity index (χ1v) is 9.28. The summed E-state index contributed by atoms with van der Waals surface area (Å²) in [5.74, 6) is 0.339. The normalized spacial score (nSPS) is 13.1. The van der Waals surface area contributed by atoms with E-state index in [1.807, 2.05) is 30.3 Å². The lowest BCUT2D eigenvalue weighted by Gasteiger charge is -2.26. The van der Waals surface area contributed by atoms with Gasteiger partial charge in [0.2, 0.25) is 0 Å². The molecule has 4 rings (SSSR count). The number of ether oxygens (including phenoxy) is 1. The molecule has 1 aliphatic heterocycles. The monoisotopic (exact) mass is 383 g/mol. The Labute approximate surface area is 159 Å². The molecule has 3 aromatic rings. The number of hydrogen-bond acceptors (Lipinski definition) is 6. The topological polar surface area (TPSA) is 84.7 Å². The van der Waals surface area contributed by atoms with E-state index in [0.29, 0.717) is 36.0 Å². The van der Waals surface area contributed by atoms with Gasteiger partial charge in [0.25, 0.3) is 11.8 Å². The van der Waals surface area contributed by atoms with Gasteiger partial charge in [-0.2, -0.15) is 0 Å². The minimum absolute atomic E-state index is 0.00222. The molecular formula is C19H17N3O4S. The van der Waals surface area contributed by atoms with Crippen LogP contribution in [0, 0.1) is 0 Å². The van der Waals surface area contributed by atoms with E-state index in [1.54, 1.807) is 11.0 Å². The molecular weight excluding hydrogens is 366 g/mol. The average Bonchev–Trinajstić information content (AvgIpc) is 3.35. The van der Waals surface area contributed by atoms with Gasteiger partial charge in [0.05, 0.1) is 24.1 Å². The fourth-order valence-corrected chi connectivity index (χ4v) is 3.80. The molecule has 1 aromatic carbocycles. The highest BCUT2D eigenvalue weighted by molar-refractivity contribution is 7.15. The number of furan rings is 1. The Balaban J connectivity index is 1.36. The molecule has 0 atom stereocenters. The van der Waals surface area contributed by atoms with Crippen molar-refractivity contribution in [3.63, 3.8) is 0 Å². The minimum Gasteiger partial charge on any atom is -0.484 e. The number of benzene rings is 1. The fourth-order valence-electron chi connectivity index (χ4n) is 2.78. The quantitative estimate of drug-likeness (QED) is 0.732. The second kappa shape index (κ2) is 7.63. The van der Waals surface area contributed by atoms with Crippen molar-refractivity contribution in [3.05, 3.63) is 65.1 Å². The molecule has 8 heteroatoms. The number of nitrogens with zero attached hydrogens (tertiary/aromatic N) is 2. The molecule has 2 amide bonds. The van der Waals surface area contributed by atoms with Gasteiger partial charge in [-0.25, -0.2) is 4.98 Å². The van der Waals surface area contributed by atoms with Crippen LogP contribution in [0.5, 0.6) is 5.75 Å². The van der Waals surface area contributed by atoms with Crippen LogP contribution < -0.4 is 10.1 Å². The first kappa shape index (κ1) is 17.3. The van der Waals surface area contributed by atoms with Gasteiger partial charge in [0.1, 0.15) is 12.0 Å². The van der Waals surface area contributed by atoms with E-state index in [0.717, 1.165) is 10.6 Å². The Hall–Kier alpha value is -3.13. The van der Waals surface area contributed by atoms with Crippen LogP contribution in [0.3, 0.4) is 0 Å². The molecule has 0 aliphatic carbocycles. The summed E-state index contributed by atoms with van der Waals surface area (Å²) in [4.78, 5) is 31.7. The standard InChI is InChI=1S/C19H17N3O4S/c23-17(12-26-14-4-2-1-3-5-14)22-8-6-15-16(10-22)27-19(20-15)21-18(24)13-7-9-25-11-13/h1-5,7,9,11H,6,8,10,12H2,(H,20,21,24). The fraction of sp³-hybridized carbons (Fsp3) is 0.211. The van der Waals surface area contributed by atoms with Gasteiger partial charge >= 0.3 is 0 Å². The van der Waals surface area contributed by atoms with Gasteiger partial charge in [-0.05, 0) is 18.2 Å². The number of hydrogen-bond donors (Lipinski definition) is 1. The number of rotatable bonds is 5. The maximum Gasteiger partial charge on any atom is 0.260 e. The molecule has 0 saturated carbocycles. The summed E-state index contributed by atoms with van der Waals surface area (Å²) < 4.78 is 10.5. The van der Waals surface area contributed by atoms with E-state index in [4.69, 9.17) is 9.15 Å². The third-order valence-corrected chi connectivity index (χ3v) is 5.19. The number of para-hydroxylation sites is 1. The van der Waals surface area contributed by atoms with E-state index in [9.17, 15) is 9.59 Å². The Kier molecular flexibility index (Phi) is 4.88. The van der Waals surface area contributed by atoms with Crippen LogP contribution in [0.25, 0.3) is 0 Å². The van der Waals surface area contributed by atoms with Crippen molar-refractivity contribution in [1.82, 2.24) is 9.88 Å². The first-order valence-electron chi connectivity index (χ1n) is 8.47. The molecule has 138 valence electrons. The van der Waals surface area contributed by atoms with Gasteiger partial charge in [0, 0.05) is 17.8 Å². The molecule has 1 aliphatic rings. The molecule has 0 unspecified atom stereocenters. The molecule has 0 fully saturated rings. The molecule has 27 heavy (non-hydrogen) atoms. The number of carbonyl (C=O) groups excluding carboxylic acids is 2. The highest BCUT2D eigenvalue weighted by atomic mass is 32.1. The van der Waals surface area contributed by atoms with Crippen LogP contribution in [0.4, 0.5) is 5.13 Å². The molecule has 0 spiro atoms. The number of amides is 2. The van der Waals surface area contributed by atoms with Crippen molar-refractivity contribution >= 4 is 28.3 Å². The van der Waals surface area contributed by atoms with Crippen LogP contribution >= 0.6 is 11.3 Å². The highest BCUT2D eigenvalue weighted by Gasteiger charge is 2.25. The molecule has 0 radical (unpaired) electrons. The Morgan fingerprint density at radius 2 is 2.11 bits per heavy atom. The van der Waals surface area contributed by atoms with Crippen molar-refractivity contribution in [3.8, 4) is 5.75 Å². The zero-order valence-electron chi connectivity index (χ0n) is 14.4. The van der Waals surface area contributed by atoms with Gasteiger partial charge < -0.3 is 14.1 Å². The minimum atomic E-state index is -0.265. The largest absolute Gasteiger partial charge is 0.484 e. The van der Waals surface area contributed by atoms with E-state index in [2.05, 4.69) is 10.3 Å². The summed E-state index contributed by atoms with van der Waals surface area (Å²) in [5, 5.41) is 3.30. The second-order valence-electron chi connectivity index (χ2n) is 6.02. The van der Waals surface area contributed by atoms with E-state index in [-0.39, 0.29) is 18.4 Å². The Bertz CT molecular complexity index is 937. The van der Waals surface area contributed by atoms with E-state index < -0.39 is 0 Å². The van der Waals surface area contributed by atoms with Crippen LogP contribution in [-0.2, 0) is 17.8 Å². The zero-order valence-corrected chi connectivity index (χ0v) is 15.2. The molecule has 0 bridgehead atoms. The van der Waals surface area contributed by atoms with Gasteiger partial charge in [0.15, 0.2) is 11.7 Å². The van der Waals surface area contributed by atoms with Crippen molar-refractivity contribution in [2.75, 3.05) is 18.5 Å². The van der Waals surface area contributed by atoms with Crippen molar-refractivity contribution in [2.24, 2.45) is 0 Å². The van der Waals surface area contributed by atoms with Crippen molar-refractivity contribution < 1.29 is 18.7 Å². The van der Waals surface area contributed by atoms with Gasteiger partial charge in [-0.1, -0.05) is 29.5 Å². The van der Waals surface area contributed by atoms with E-state index >= 15 is 0 Å². The maximum atomic E-state index is 12.4. The van der Waals surface area contributed by atoms with Gasteiger partial charge in [-0.3, -0.25) is 14.9 Å². The lowest BCUT2D eigenvalue weighted by Crippen LogP contribution is -2.38. The summed E-state index contributed by atoms with van der Waals surface area (Å²) in [7, 11) is 0. The lowest BCUT2D eigenvalue weighted by atomic mass is 10.2. The summed E-state index contributed by atoms with van der Waals surface area (Å²) in [6.07, 6.45) is 3.49. The summed E-state index contributed by atoms with van der Waals surface area (Å²) in [5.41, 5.74) is 1.37. The number of nitrogens with one attached hydrogen (secondary N) is 1. The third kappa shape index (κ3) is 4.01. The SMILES string of the molecule is O=C(Nc1nc2c(s1)CN(C(=O)COc1ccccc1)CC2)c1ccoc1. The number of carbonyl (C=O) groups is 2. The van der Waals surface area contributed by atoms with Crippen LogP contribution in [0.2, 0.25) is 0 Å². The third-order valence-electron chi connectivity index (χ3n) is 4.19. The molecule has 3 heterocycles. The smallest absolute Gasteiger partial charge is 0.260 e. The van der Waals surface area contributed by atoms with E-state index in [1.165, 1.54) is 23.9 Å². The highest BCUT2D eigenvalue weighted by Crippen LogP contribution is 2.28. The maximum absolute atomic E-state index is 12.4. The molecule has 2 aromatic heterocycles. The van der Waals surface area contributed by atoms with Crippen LogP contribution in [0.15, 0.2) is 53.3 Å². The Morgan fingerprint density at radius 3 is 2.89 bits per heavy atom. The number of fused-ring (bicyclic) bond motifs is 1. The van der Waals surface area contributed by atoms with Crippen LogP contribution in [0.1, 0.15) is 20.9 Å².